The normalized spacial score (nSPS) is 10.1. The minimum Gasteiger partial charge on any atom is -0.378 e. The van der Waals surface area contributed by atoms with Gasteiger partial charge in [-0.15, -0.1) is 0 Å². The highest BCUT2D eigenvalue weighted by atomic mass is 127. The second-order valence-corrected chi connectivity index (χ2v) is 4.95. The van der Waals surface area contributed by atoms with Crippen LogP contribution in [0.2, 0.25) is 0 Å². The van der Waals surface area contributed by atoms with Gasteiger partial charge in [-0.3, -0.25) is 0 Å². The first-order chi connectivity index (χ1) is 8.16. The van der Waals surface area contributed by atoms with E-state index in [1.54, 1.807) is 12.5 Å². The van der Waals surface area contributed by atoms with Crippen LogP contribution in [-0.4, -0.2) is 24.1 Å². The van der Waals surface area contributed by atoms with Gasteiger partial charge in [0.25, 0.3) is 0 Å². The molecule has 2 aromatic rings. The Hall–Kier alpha value is -1.37. The van der Waals surface area contributed by atoms with Gasteiger partial charge in [-0.25, -0.2) is 9.97 Å². The van der Waals surface area contributed by atoms with E-state index in [1.807, 2.05) is 26.2 Å². The van der Waals surface area contributed by atoms with Gasteiger partial charge >= 0.3 is 0 Å². The van der Waals surface area contributed by atoms with Gasteiger partial charge in [0.1, 0.15) is 12.1 Å². The van der Waals surface area contributed by atoms with E-state index in [-0.39, 0.29) is 0 Å². The van der Waals surface area contributed by atoms with Gasteiger partial charge in [-0.05, 0) is 40.8 Å². The van der Waals surface area contributed by atoms with E-state index < -0.39 is 0 Å². The summed E-state index contributed by atoms with van der Waals surface area (Å²) in [7, 11) is 4.04. The first kappa shape index (κ1) is 12.1. The summed E-state index contributed by atoms with van der Waals surface area (Å²) in [6.07, 6.45) is 3.33. The summed E-state index contributed by atoms with van der Waals surface area (Å²) >= 11 is 2.21. The Labute approximate surface area is 114 Å². The summed E-state index contributed by atoms with van der Waals surface area (Å²) in [6, 6.07) is 8.19. The second-order valence-electron chi connectivity index (χ2n) is 3.79. The lowest BCUT2D eigenvalue weighted by Gasteiger charge is -2.14. The average Bonchev–Trinajstić information content (AvgIpc) is 2.32. The molecule has 1 N–H and O–H groups in total. The monoisotopic (exact) mass is 340 g/mol. The molecule has 0 aliphatic carbocycles. The highest BCUT2D eigenvalue weighted by Crippen LogP contribution is 2.22. The number of halogens is 1. The molecule has 1 aromatic heterocycles. The summed E-state index contributed by atoms with van der Waals surface area (Å²) < 4.78 is 1.00. The highest BCUT2D eigenvalue weighted by molar-refractivity contribution is 14.1. The Balaban J connectivity index is 2.25. The zero-order valence-electron chi connectivity index (χ0n) is 9.68. The van der Waals surface area contributed by atoms with Crippen molar-refractivity contribution >= 4 is 39.8 Å². The fraction of sp³-hybridized carbons (Fsp3) is 0.167. The predicted octanol–water partition coefficient (Wildman–Crippen LogP) is 2.89. The fourth-order valence-corrected chi connectivity index (χ4v) is 1.84. The topological polar surface area (TPSA) is 41.0 Å². The third-order valence-corrected chi connectivity index (χ3v) is 3.08. The van der Waals surface area contributed by atoms with E-state index >= 15 is 0 Å². The first-order valence-corrected chi connectivity index (χ1v) is 6.24. The Bertz CT molecular complexity index is 513. The quantitative estimate of drug-likeness (QED) is 0.873. The molecule has 0 fully saturated rings. The van der Waals surface area contributed by atoms with Crippen molar-refractivity contribution in [2.75, 3.05) is 24.3 Å². The Morgan fingerprint density at radius 2 is 2.12 bits per heavy atom. The van der Waals surface area contributed by atoms with Crippen molar-refractivity contribution in [2.24, 2.45) is 0 Å². The second kappa shape index (κ2) is 5.31. The molecule has 2 rings (SSSR count). The number of hydrogen-bond acceptors (Lipinski definition) is 4. The highest BCUT2D eigenvalue weighted by Gasteiger charge is 2.02. The number of rotatable bonds is 3. The zero-order chi connectivity index (χ0) is 12.3. The van der Waals surface area contributed by atoms with Gasteiger partial charge in [0.2, 0.25) is 0 Å². The van der Waals surface area contributed by atoms with E-state index in [4.69, 9.17) is 0 Å². The molecule has 88 valence electrons. The molecule has 0 aliphatic heterocycles. The van der Waals surface area contributed by atoms with Crippen molar-refractivity contribution in [3.05, 3.63) is 40.4 Å². The molecule has 0 radical (unpaired) electrons. The third-order valence-electron chi connectivity index (χ3n) is 2.29. The number of anilines is 3. The summed E-state index contributed by atoms with van der Waals surface area (Å²) in [5.41, 5.74) is 2.17. The molecule has 0 unspecified atom stereocenters. The molecule has 4 nitrogen and oxygen atoms in total. The number of nitrogens with one attached hydrogen (secondary N) is 1. The van der Waals surface area contributed by atoms with E-state index in [2.05, 4.69) is 54.9 Å². The minimum atomic E-state index is 0.830. The van der Waals surface area contributed by atoms with Gasteiger partial charge in [0, 0.05) is 31.7 Å². The van der Waals surface area contributed by atoms with Crippen molar-refractivity contribution in [1.82, 2.24) is 9.97 Å². The van der Waals surface area contributed by atoms with Crippen LogP contribution in [0.15, 0.2) is 36.8 Å². The van der Waals surface area contributed by atoms with Crippen LogP contribution < -0.4 is 10.2 Å². The van der Waals surface area contributed by atoms with Crippen molar-refractivity contribution in [3.8, 4) is 0 Å². The lowest BCUT2D eigenvalue weighted by molar-refractivity contribution is 1.13. The summed E-state index contributed by atoms with van der Waals surface area (Å²) in [6.45, 7) is 0. The minimum absolute atomic E-state index is 0.830. The van der Waals surface area contributed by atoms with Gasteiger partial charge < -0.3 is 10.2 Å². The van der Waals surface area contributed by atoms with Crippen molar-refractivity contribution in [1.29, 1.82) is 0 Å². The SMILES string of the molecule is CN(C)c1cccc(Nc2ncncc2I)c1. The molecule has 0 atom stereocenters. The molecule has 5 heteroatoms. The van der Waals surface area contributed by atoms with E-state index in [0.29, 0.717) is 0 Å². The maximum Gasteiger partial charge on any atom is 0.147 e. The molecule has 0 aliphatic rings. The van der Waals surface area contributed by atoms with Gasteiger partial charge in [0.15, 0.2) is 0 Å². The average molecular weight is 340 g/mol. The van der Waals surface area contributed by atoms with Crippen molar-refractivity contribution < 1.29 is 0 Å². The van der Waals surface area contributed by atoms with Crippen molar-refractivity contribution in [2.45, 2.75) is 0 Å². The first-order valence-electron chi connectivity index (χ1n) is 5.17. The van der Waals surface area contributed by atoms with Crippen LogP contribution in [0, 0.1) is 3.57 Å². The van der Waals surface area contributed by atoms with Crippen LogP contribution in [0.4, 0.5) is 17.2 Å². The van der Waals surface area contributed by atoms with Crippen LogP contribution >= 0.6 is 22.6 Å². The number of nitrogens with zero attached hydrogens (tertiary/aromatic N) is 3. The lowest BCUT2D eigenvalue weighted by atomic mass is 10.2. The molecule has 0 saturated carbocycles. The zero-order valence-corrected chi connectivity index (χ0v) is 11.8. The van der Waals surface area contributed by atoms with E-state index in [1.165, 1.54) is 0 Å². The fourth-order valence-electron chi connectivity index (χ4n) is 1.40. The van der Waals surface area contributed by atoms with Gasteiger partial charge in [-0.2, -0.15) is 0 Å². The molecule has 0 saturated heterocycles. The van der Waals surface area contributed by atoms with Crippen LogP contribution in [0.1, 0.15) is 0 Å². The molecule has 0 amide bonds. The van der Waals surface area contributed by atoms with E-state index in [9.17, 15) is 0 Å². The number of aromatic nitrogens is 2. The van der Waals surface area contributed by atoms with Gasteiger partial charge in [-0.1, -0.05) is 6.07 Å². The van der Waals surface area contributed by atoms with Crippen LogP contribution in [0.3, 0.4) is 0 Å². The van der Waals surface area contributed by atoms with E-state index in [0.717, 1.165) is 20.8 Å². The lowest BCUT2D eigenvalue weighted by Crippen LogP contribution is -2.08. The molecular formula is C12H13IN4. The van der Waals surface area contributed by atoms with Crippen LogP contribution in [0.5, 0.6) is 0 Å². The smallest absolute Gasteiger partial charge is 0.147 e. The number of benzene rings is 1. The molecule has 0 bridgehead atoms. The summed E-state index contributed by atoms with van der Waals surface area (Å²) in [4.78, 5) is 10.2. The summed E-state index contributed by atoms with van der Waals surface area (Å²) in [5.74, 6) is 0.830. The van der Waals surface area contributed by atoms with Crippen LogP contribution in [0.25, 0.3) is 0 Å². The largest absolute Gasteiger partial charge is 0.378 e. The Morgan fingerprint density at radius 3 is 2.82 bits per heavy atom. The molecular weight excluding hydrogens is 327 g/mol. The predicted molar refractivity (Wildman–Crippen MR) is 78.8 cm³/mol. The maximum absolute atomic E-state index is 4.20. The Kier molecular flexibility index (Phi) is 3.78. The van der Waals surface area contributed by atoms with Crippen molar-refractivity contribution in [3.63, 3.8) is 0 Å². The maximum atomic E-state index is 4.20. The number of hydrogen-bond donors (Lipinski definition) is 1. The molecule has 0 spiro atoms. The molecule has 1 heterocycles. The molecule has 1 aromatic carbocycles. The molecule has 17 heavy (non-hydrogen) atoms. The Morgan fingerprint density at radius 1 is 1.29 bits per heavy atom. The standard InChI is InChI=1S/C12H13IN4/c1-17(2)10-5-3-4-9(6-10)16-12-11(13)7-14-8-15-12/h3-8H,1-2H3,(H,14,15,16). The summed E-state index contributed by atoms with van der Waals surface area (Å²) in [5, 5.41) is 3.28. The third kappa shape index (κ3) is 3.06. The van der Waals surface area contributed by atoms with Crippen LogP contribution in [-0.2, 0) is 0 Å². The van der Waals surface area contributed by atoms with Gasteiger partial charge in [0.05, 0.1) is 3.57 Å².